The summed E-state index contributed by atoms with van der Waals surface area (Å²) in [6.07, 6.45) is 2.48. The number of rotatable bonds is 3. The third kappa shape index (κ3) is 2.25. The third-order valence-corrected chi connectivity index (χ3v) is 3.90. The largest absolute Gasteiger partial charge is 0.496 e. The highest BCUT2D eigenvalue weighted by Crippen LogP contribution is 2.37. The van der Waals surface area contributed by atoms with Crippen molar-refractivity contribution in [3.8, 4) is 5.75 Å². The molecule has 2 atom stereocenters. The van der Waals surface area contributed by atoms with Gasteiger partial charge in [-0.25, -0.2) is 0 Å². The summed E-state index contributed by atoms with van der Waals surface area (Å²) in [6.45, 7) is 3.37. The molecule has 0 radical (unpaired) electrons. The van der Waals surface area contributed by atoms with Crippen molar-refractivity contribution in [3.05, 3.63) is 28.2 Å². The normalized spacial score (nSPS) is 24.7. The average Bonchev–Trinajstić information content (AvgIpc) is 2.76. The van der Waals surface area contributed by atoms with E-state index in [9.17, 15) is 0 Å². The van der Waals surface area contributed by atoms with Crippen LogP contribution in [-0.2, 0) is 0 Å². The number of benzene rings is 1. The van der Waals surface area contributed by atoms with Gasteiger partial charge in [-0.05, 0) is 37.1 Å². The Kier molecular flexibility index (Phi) is 3.87. The number of halogens is 1. The van der Waals surface area contributed by atoms with Gasteiger partial charge in [-0.2, -0.15) is 0 Å². The van der Waals surface area contributed by atoms with Gasteiger partial charge in [0.1, 0.15) is 5.75 Å². The Balaban J connectivity index is 2.34. The summed E-state index contributed by atoms with van der Waals surface area (Å²) in [5.74, 6) is 1.71. The van der Waals surface area contributed by atoms with E-state index in [1.807, 2.05) is 12.1 Å². The molecule has 0 saturated carbocycles. The summed E-state index contributed by atoms with van der Waals surface area (Å²) in [5.41, 5.74) is 1.28. The van der Waals surface area contributed by atoms with E-state index in [-0.39, 0.29) is 0 Å². The Bertz CT molecular complexity index is 367. The number of ether oxygens (including phenoxy) is 1. The Morgan fingerprint density at radius 1 is 1.50 bits per heavy atom. The molecule has 0 amide bonds. The lowest BCUT2D eigenvalue weighted by Gasteiger charge is -2.21. The summed E-state index contributed by atoms with van der Waals surface area (Å²) in [4.78, 5) is 0. The van der Waals surface area contributed by atoms with Crippen LogP contribution in [0, 0.1) is 5.92 Å². The number of hydrogen-bond donors (Lipinski definition) is 1. The van der Waals surface area contributed by atoms with Gasteiger partial charge in [-0.15, -0.1) is 0 Å². The molecule has 3 heteroatoms. The Labute approximate surface area is 106 Å². The summed E-state index contributed by atoms with van der Waals surface area (Å²) >= 11 is 3.53. The highest BCUT2D eigenvalue weighted by atomic mass is 79.9. The molecule has 1 aliphatic rings. The predicted molar refractivity (Wildman–Crippen MR) is 69.8 cm³/mol. The first-order chi connectivity index (χ1) is 7.76. The topological polar surface area (TPSA) is 21.3 Å². The van der Waals surface area contributed by atoms with Gasteiger partial charge in [0.05, 0.1) is 7.11 Å². The number of nitrogens with one attached hydrogen (secondary N) is 1. The maximum atomic E-state index is 5.44. The molecule has 1 N–H and O–H groups in total. The smallest absolute Gasteiger partial charge is 0.123 e. The van der Waals surface area contributed by atoms with Crippen molar-refractivity contribution in [2.45, 2.75) is 25.8 Å². The molecule has 1 fully saturated rings. The van der Waals surface area contributed by atoms with E-state index in [0.29, 0.717) is 6.04 Å². The fraction of sp³-hybridized carbons (Fsp3) is 0.538. The quantitative estimate of drug-likeness (QED) is 0.917. The maximum Gasteiger partial charge on any atom is 0.123 e. The van der Waals surface area contributed by atoms with Gasteiger partial charge in [-0.1, -0.05) is 29.3 Å². The molecule has 16 heavy (non-hydrogen) atoms. The van der Waals surface area contributed by atoms with Crippen molar-refractivity contribution in [1.29, 1.82) is 0 Å². The number of methoxy groups -OCH3 is 1. The molecular weight excluding hydrogens is 266 g/mol. The Hall–Kier alpha value is -0.540. The van der Waals surface area contributed by atoms with Crippen LogP contribution in [-0.4, -0.2) is 13.7 Å². The van der Waals surface area contributed by atoms with Gasteiger partial charge in [0, 0.05) is 16.1 Å². The van der Waals surface area contributed by atoms with Gasteiger partial charge >= 0.3 is 0 Å². The second-order valence-electron chi connectivity index (χ2n) is 4.28. The van der Waals surface area contributed by atoms with Crippen molar-refractivity contribution in [3.63, 3.8) is 0 Å². The Morgan fingerprint density at radius 3 is 3.00 bits per heavy atom. The van der Waals surface area contributed by atoms with Crippen molar-refractivity contribution < 1.29 is 4.74 Å². The van der Waals surface area contributed by atoms with Crippen LogP contribution in [0.5, 0.6) is 5.75 Å². The van der Waals surface area contributed by atoms with E-state index in [1.165, 1.54) is 18.4 Å². The van der Waals surface area contributed by atoms with Gasteiger partial charge in [-0.3, -0.25) is 0 Å². The zero-order valence-electron chi connectivity index (χ0n) is 9.79. The van der Waals surface area contributed by atoms with E-state index in [4.69, 9.17) is 4.74 Å². The van der Waals surface area contributed by atoms with E-state index in [2.05, 4.69) is 34.2 Å². The minimum atomic E-state index is 0.442. The molecule has 1 aromatic carbocycles. The molecule has 1 heterocycles. The summed E-state index contributed by atoms with van der Waals surface area (Å²) < 4.78 is 6.56. The highest BCUT2D eigenvalue weighted by molar-refractivity contribution is 9.10. The zero-order valence-corrected chi connectivity index (χ0v) is 11.4. The minimum Gasteiger partial charge on any atom is -0.496 e. The minimum absolute atomic E-state index is 0.442. The van der Waals surface area contributed by atoms with Gasteiger partial charge in [0.2, 0.25) is 0 Å². The first-order valence-electron chi connectivity index (χ1n) is 5.83. The van der Waals surface area contributed by atoms with Crippen LogP contribution < -0.4 is 10.1 Å². The number of hydrogen-bond acceptors (Lipinski definition) is 2. The molecule has 2 unspecified atom stereocenters. The molecule has 2 rings (SSSR count). The van der Waals surface area contributed by atoms with Crippen LogP contribution >= 0.6 is 15.9 Å². The third-order valence-electron chi connectivity index (χ3n) is 3.40. The summed E-state index contributed by atoms with van der Waals surface area (Å²) in [6, 6.07) is 6.67. The Morgan fingerprint density at radius 2 is 2.31 bits per heavy atom. The first-order valence-corrected chi connectivity index (χ1v) is 6.62. The molecule has 0 aliphatic carbocycles. The zero-order chi connectivity index (χ0) is 11.5. The van der Waals surface area contributed by atoms with Crippen molar-refractivity contribution in [2.75, 3.05) is 13.7 Å². The molecule has 88 valence electrons. The van der Waals surface area contributed by atoms with Gasteiger partial charge in [0.15, 0.2) is 0 Å². The predicted octanol–water partition coefficient (Wildman–Crippen LogP) is 3.52. The van der Waals surface area contributed by atoms with Crippen molar-refractivity contribution in [1.82, 2.24) is 5.32 Å². The van der Waals surface area contributed by atoms with Gasteiger partial charge in [0.25, 0.3) is 0 Å². The SMILES string of the molecule is CCC1CCNC1c1cc(Br)ccc1OC. The first kappa shape index (κ1) is 11.9. The standard InChI is InChI=1S/C13H18BrNO/c1-3-9-6-7-15-13(9)11-8-10(14)4-5-12(11)16-2/h4-5,8-9,13,15H,3,6-7H2,1-2H3. The molecule has 0 spiro atoms. The fourth-order valence-electron chi connectivity index (χ4n) is 2.51. The molecule has 1 aliphatic heterocycles. The van der Waals surface area contributed by atoms with Crippen LogP contribution in [0.25, 0.3) is 0 Å². The van der Waals surface area contributed by atoms with Crippen LogP contribution in [0.2, 0.25) is 0 Å². The van der Waals surface area contributed by atoms with E-state index in [1.54, 1.807) is 7.11 Å². The van der Waals surface area contributed by atoms with Crippen LogP contribution in [0.15, 0.2) is 22.7 Å². The van der Waals surface area contributed by atoms with Crippen molar-refractivity contribution in [2.24, 2.45) is 5.92 Å². The van der Waals surface area contributed by atoms with E-state index >= 15 is 0 Å². The van der Waals surface area contributed by atoms with E-state index in [0.717, 1.165) is 22.7 Å². The second kappa shape index (κ2) is 5.19. The molecule has 2 nitrogen and oxygen atoms in total. The lowest BCUT2D eigenvalue weighted by molar-refractivity contribution is 0.385. The maximum absolute atomic E-state index is 5.44. The lowest BCUT2D eigenvalue weighted by atomic mass is 9.91. The molecular formula is C13H18BrNO. The van der Waals surface area contributed by atoms with Gasteiger partial charge < -0.3 is 10.1 Å². The molecule has 1 saturated heterocycles. The van der Waals surface area contributed by atoms with E-state index < -0.39 is 0 Å². The van der Waals surface area contributed by atoms with Crippen LogP contribution in [0.1, 0.15) is 31.4 Å². The van der Waals surface area contributed by atoms with Crippen LogP contribution in [0.3, 0.4) is 0 Å². The van der Waals surface area contributed by atoms with Crippen molar-refractivity contribution >= 4 is 15.9 Å². The summed E-state index contributed by atoms with van der Waals surface area (Å²) in [7, 11) is 1.74. The second-order valence-corrected chi connectivity index (χ2v) is 5.19. The van der Waals surface area contributed by atoms with Crippen LogP contribution in [0.4, 0.5) is 0 Å². The monoisotopic (exact) mass is 283 g/mol. The molecule has 1 aromatic rings. The lowest BCUT2D eigenvalue weighted by Crippen LogP contribution is -2.18. The molecule has 0 aromatic heterocycles. The highest BCUT2D eigenvalue weighted by Gasteiger charge is 2.28. The fourth-order valence-corrected chi connectivity index (χ4v) is 2.89. The summed E-state index contributed by atoms with van der Waals surface area (Å²) in [5, 5.41) is 3.58. The molecule has 0 bridgehead atoms. The average molecular weight is 284 g/mol.